The molecule has 0 bridgehead atoms. The smallest absolute Gasteiger partial charge is 0.250 e. The van der Waals surface area contributed by atoms with Crippen molar-refractivity contribution in [1.82, 2.24) is 10.2 Å². The van der Waals surface area contributed by atoms with Gasteiger partial charge < -0.3 is 15.0 Å². The molecule has 0 spiro atoms. The summed E-state index contributed by atoms with van der Waals surface area (Å²) < 4.78 is 31.4. The Balaban J connectivity index is 0.00000144. The molecule has 0 aromatic rings. The van der Waals surface area contributed by atoms with E-state index in [-0.39, 0.29) is 31.4 Å². The third kappa shape index (κ3) is 5.04. The lowest BCUT2D eigenvalue weighted by atomic mass is 10.1. The van der Waals surface area contributed by atoms with E-state index in [4.69, 9.17) is 4.74 Å². The number of halogens is 3. The van der Waals surface area contributed by atoms with Gasteiger partial charge in [-0.3, -0.25) is 0 Å². The van der Waals surface area contributed by atoms with E-state index >= 15 is 0 Å². The standard InChI is InChI=1S/C11H20F2N2O.ClH/c12-11(13)2-6-15(7-3-11)5-1-10-9-14-4-8-16-10;/h10,14H,1-9H2;1H. The maximum atomic E-state index is 12.9. The highest BCUT2D eigenvalue weighted by Gasteiger charge is 2.33. The van der Waals surface area contributed by atoms with Gasteiger partial charge in [0.05, 0.1) is 12.7 Å². The first-order valence-corrected chi connectivity index (χ1v) is 6.08. The molecule has 6 heteroatoms. The lowest BCUT2D eigenvalue weighted by molar-refractivity contribution is -0.0585. The highest BCUT2D eigenvalue weighted by atomic mass is 35.5. The fourth-order valence-electron chi connectivity index (χ4n) is 2.24. The summed E-state index contributed by atoms with van der Waals surface area (Å²) in [7, 11) is 0. The zero-order valence-corrected chi connectivity index (χ0v) is 10.8. The zero-order valence-electron chi connectivity index (χ0n) is 9.96. The molecule has 2 aliphatic heterocycles. The minimum absolute atomic E-state index is 0. The van der Waals surface area contributed by atoms with Crippen molar-refractivity contribution >= 4 is 12.4 Å². The van der Waals surface area contributed by atoms with E-state index in [9.17, 15) is 8.78 Å². The average molecular weight is 271 g/mol. The number of ether oxygens (including phenoxy) is 1. The van der Waals surface area contributed by atoms with Gasteiger partial charge >= 0.3 is 0 Å². The summed E-state index contributed by atoms with van der Waals surface area (Å²) in [5.41, 5.74) is 0. The summed E-state index contributed by atoms with van der Waals surface area (Å²) in [4.78, 5) is 2.12. The van der Waals surface area contributed by atoms with E-state index in [0.717, 1.165) is 32.7 Å². The van der Waals surface area contributed by atoms with Crippen LogP contribution in [0, 0.1) is 0 Å². The predicted molar refractivity (Wildman–Crippen MR) is 65.1 cm³/mol. The first-order chi connectivity index (χ1) is 7.66. The third-order valence-corrected chi connectivity index (χ3v) is 3.36. The highest BCUT2D eigenvalue weighted by molar-refractivity contribution is 5.85. The second-order valence-electron chi connectivity index (χ2n) is 4.68. The zero-order chi connectivity index (χ0) is 11.4. The number of morpholine rings is 1. The lowest BCUT2D eigenvalue weighted by Crippen LogP contribution is -2.43. The van der Waals surface area contributed by atoms with Gasteiger partial charge in [0.1, 0.15) is 0 Å². The molecule has 102 valence electrons. The number of rotatable bonds is 3. The van der Waals surface area contributed by atoms with Gasteiger partial charge in [-0.1, -0.05) is 0 Å². The molecule has 0 aliphatic carbocycles. The molecule has 0 aromatic heterocycles. The molecule has 17 heavy (non-hydrogen) atoms. The number of hydrogen-bond acceptors (Lipinski definition) is 3. The molecule has 1 N–H and O–H groups in total. The molecule has 1 atom stereocenters. The van der Waals surface area contributed by atoms with Crippen molar-refractivity contribution in [1.29, 1.82) is 0 Å². The Morgan fingerprint density at radius 2 is 2.00 bits per heavy atom. The number of alkyl halides is 2. The molecule has 2 fully saturated rings. The van der Waals surface area contributed by atoms with Crippen LogP contribution in [0.5, 0.6) is 0 Å². The Bertz CT molecular complexity index is 216. The van der Waals surface area contributed by atoms with Crippen molar-refractivity contribution in [2.75, 3.05) is 39.3 Å². The van der Waals surface area contributed by atoms with Crippen molar-refractivity contribution in [3.8, 4) is 0 Å². The Kier molecular flexibility index (Phi) is 6.06. The molecule has 2 saturated heterocycles. The Morgan fingerprint density at radius 3 is 2.59 bits per heavy atom. The monoisotopic (exact) mass is 270 g/mol. The molecule has 2 heterocycles. The van der Waals surface area contributed by atoms with Gasteiger partial charge in [-0.25, -0.2) is 8.78 Å². The third-order valence-electron chi connectivity index (χ3n) is 3.36. The number of likely N-dealkylation sites (tertiary alicyclic amines) is 1. The van der Waals surface area contributed by atoms with Crippen molar-refractivity contribution in [2.24, 2.45) is 0 Å². The highest BCUT2D eigenvalue weighted by Crippen LogP contribution is 2.27. The number of piperidine rings is 1. The van der Waals surface area contributed by atoms with Crippen LogP contribution in [0.15, 0.2) is 0 Å². The van der Waals surface area contributed by atoms with Crippen molar-refractivity contribution < 1.29 is 13.5 Å². The van der Waals surface area contributed by atoms with E-state index in [1.807, 2.05) is 0 Å². The van der Waals surface area contributed by atoms with Crippen LogP contribution in [0.25, 0.3) is 0 Å². The summed E-state index contributed by atoms with van der Waals surface area (Å²) in [6, 6.07) is 0. The van der Waals surface area contributed by atoms with Crippen LogP contribution in [0.4, 0.5) is 8.78 Å². The summed E-state index contributed by atoms with van der Waals surface area (Å²) >= 11 is 0. The lowest BCUT2D eigenvalue weighted by Gasteiger charge is -2.33. The van der Waals surface area contributed by atoms with Gasteiger partial charge in [0.2, 0.25) is 0 Å². The Hall–Kier alpha value is 0.0300. The van der Waals surface area contributed by atoms with E-state index in [1.165, 1.54) is 0 Å². The fraction of sp³-hybridized carbons (Fsp3) is 1.00. The fourth-order valence-corrected chi connectivity index (χ4v) is 2.24. The summed E-state index contributed by atoms with van der Waals surface area (Å²) in [5, 5.41) is 3.27. The maximum absolute atomic E-state index is 12.9. The largest absolute Gasteiger partial charge is 0.376 e. The first-order valence-electron chi connectivity index (χ1n) is 6.08. The molecule has 0 saturated carbocycles. The second kappa shape index (κ2) is 6.83. The summed E-state index contributed by atoms with van der Waals surface area (Å²) in [6.07, 6.45) is 1.22. The normalized spacial score (nSPS) is 29.6. The maximum Gasteiger partial charge on any atom is 0.250 e. The van der Waals surface area contributed by atoms with E-state index in [2.05, 4.69) is 10.2 Å². The van der Waals surface area contributed by atoms with E-state index in [1.54, 1.807) is 0 Å². The molecular weight excluding hydrogens is 250 g/mol. The van der Waals surface area contributed by atoms with Crippen molar-refractivity contribution in [3.63, 3.8) is 0 Å². The van der Waals surface area contributed by atoms with Crippen LogP contribution in [-0.2, 0) is 4.74 Å². The van der Waals surface area contributed by atoms with Gasteiger partial charge in [0.15, 0.2) is 0 Å². The van der Waals surface area contributed by atoms with Gasteiger partial charge in [0.25, 0.3) is 5.92 Å². The van der Waals surface area contributed by atoms with Crippen LogP contribution >= 0.6 is 12.4 Å². The van der Waals surface area contributed by atoms with Gasteiger partial charge in [-0.2, -0.15) is 0 Å². The number of nitrogens with one attached hydrogen (secondary N) is 1. The first kappa shape index (κ1) is 15.1. The van der Waals surface area contributed by atoms with Crippen molar-refractivity contribution in [2.45, 2.75) is 31.3 Å². The van der Waals surface area contributed by atoms with Gasteiger partial charge in [-0.15, -0.1) is 12.4 Å². The Morgan fingerprint density at radius 1 is 1.29 bits per heavy atom. The molecule has 0 aromatic carbocycles. The molecule has 2 aliphatic rings. The average Bonchev–Trinajstić information content (AvgIpc) is 2.29. The van der Waals surface area contributed by atoms with Crippen molar-refractivity contribution in [3.05, 3.63) is 0 Å². The second-order valence-corrected chi connectivity index (χ2v) is 4.68. The number of nitrogens with zero attached hydrogens (tertiary/aromatic N) is 1. The predicted octanol–water partition coefficient (Wildman–Crippen LogP) is 1.52. The molecule has 1 unspecified atom stereocenters. The topological polar surface area (TPSA) is 24.5 Å². The van der Waals surface area contributed by atoms with E-state index < -0.39 is 5.92 Å². The summed E-state index contributed by atoms with van der Waals surface area (Å²) in [5.74, 6) is -2.43. The summed E-state index contributed by atoms with van der Waals surface area (Å²) in [6.45, 7) is 4.50. The molecule has 0 amide bonds. The Labute approximate surface area is 107 Å². The van der Waals surface area contributed by atoms with Crippen LogP contribution in [0.3, 0.4) is 0 Å². The van der Waals surface area contributed by atoms with Gasteiger partial charge in [0, 0.05) is 45.6 Å². The van der Waals surface area contributed by atoms with E-state index in [0.29, 0.717) is 13.1 Å². The molecule has 3 nitrogen and oxygen atoms in total. The van der Waals surface area contributed by atoms with Crippen LogP contribution in [0.2, 0.25) is 0 Å². The molecule has 0 radical (unpaired) electrons. The minimum atomic E-state index is -2.43. The SMILES string of the molecule is Cl.FC1(F)CCN(CCC2CNCCO2)CC1. The minimum Gasteiger partial charge on any atom is -0.376 e. The molecule has 2 rings (SSSR count). The number of hydrogen-bond donors (Lipinski definition) is 1. The quantitative estimate of drug-likeness (QED) is 0.842. The molecular formula is C11H21ClF2N2O. The van der Waals surface area contributed by atoms with Gasteiger partial charge in [-0.05, 0) is 6.42 Å². The van der Waals surface area contributed by atoms with Crippen LogP contribution in [0.1, 0.15) is 19.3 Å². The van der Waals surface area contributed by atoms with Crippen LogP contribution in [-0.4, -0.2) is 56.3 Å². The van der Waals surface area contributed by atoms with Crippen LogP contribution < -0.4 is 5.32 Å².